The molecule has 1 aromatic heterocycles. The van der Waals surface area contributed by atoms with Crippen molar-refractivity contribution < 1.29 is 18.9 Å². The first-order valence-corrected chi connectivity index (χ1v) is 7.22. The minimum Gasteiger partial charge on any atom is -0.360 e. The van der Waals surface area contributed by atoms with Crippen molar-refractivity contribution >= 4 is 23.7 Å². The summed E-state index contributed by atoms with van der Waals surface area (Å²) in [4.78, 5) is 36.8. The fraction of sp³-hybridized carbons (Fsp3) is 0.571. The Morgan fingerprint density at radius 1 is 1.50 bits per heavy atom. The van der Waals surface area contributed by atoms with Crippen LogP contribution in [0.25, 0.3) is 0 Å². The number of hydrogen-bond donors (Lipinski definition) is 2. The van der Waals surface area contributed by atoms with Crippen LogP contribution in [-0.4, -0.2) is 40.5 Å². The molecule has 1 fully saturated rings. The summed E-state index contributed by atoms with van der Waals surface area (Å²) in [5.41, 5.74) is 0. The number of imide groups is 1. The predicted octanol–water partition coefficient (Wildman–Crippen LogP) is 1.28. The molecule has 120 valence electrons. The molecule has 0 aromatic carbocycles. The third-order valence-electron chi connectivity index (χ3n) is 3.27. The molecule has 8 heteroatoms. The first kappa shape index (κ1) is 16.0. The second kappa shape index (κ2) is 6.59. The van der Waals surface area contributed by atoms with E-state index in [1.54, 1.807) is 13.0 Å². The lowest BCUT2D eigenvalue weighted by Crippen LogP contribution is -2.34. The number of rotatable bonds is 6. The molecule has 8 nitrogen and oxygen atoms in total. The second-order valence-corrected chi connectivity index (χ2v) is 5.74. The van der Waals surface area contributed by atoms with Gasteiger partial charge < -0.3 is 15.2 Å². The molecular weight excluding hydrogens is 288 g/mol. The van der Waals surface area contributed by atoms with Crippen LogP contribution in [0.2, 0.25) is 0 Å². The average molecular weight is 308 g/mol. The van der Waals surface area contributed by atoms with Gasteiger partial charge in [0.05, 0.1) is 0 Å². The van der Waals surface area contributed by atoms with E-state index in [1.165, 1.54) is 0 Å². The van der Waals surface area contributed by atoms with Crippen LogP contribution in [0.5, 0.6) is 0 Å². The molecule has 22 heavy (non-hydrogen) atoms. The molecule has 0 spiro atoms. The molecule has 1 atom stereocenters. The Kier molecular flexibility index (Phi) is 4.79. The highest BCUT2D eigenvalue weighted by Gasteiger charge is 2.37. The third-order valence-corrected chi connectivity index (χ3v) is 3.27. The summed E-state index contributed by atoms with van der Waals surface area (Å²) in [5, 5.41) is 8.83. The van der Waals surface area contributed by atoms with Gasteiger partial charge in [0, 0.05) is 19.0 Å². The minimum absolute atomic E-state index is 0.0134. The maximum Gasteiger partial charge on any atom is 0.324 e. The first-order chi connectivity index (χ1) is 10.4. The molecule has 0 radical (unpaired) electrons. The number of urea groups is 1. The third kappa shape index (κ3) is 3.84. The van der Waals surface area contributed by atoms with E-state index in [2.05, 4.69) is 15.8 Å². The molecule has 4 amide bonds. The van der Waals surface area contributed by atoms with Crippen molar-refractivity contribution in [1.82, 2.24) is 15.4 Å². The lowest BCUT2D eigenvalue weighted by molar-refractivity contribution is -0.128. The lowest BCUT2D eigenvalue weighted by atomic mass is 10.0. The molecule has 2 N–H and O–H groups in total. The van der Waals surface area contributed by atoms with Crippen molar-refractivity contribution in [2.24, 2.45) is 5.92 Å². The van der Waals surface area contributed by atoms with Crippen molar-refractivity contribution in [2.75, 3.05) is 11.9 Å². The van der Waals surface area contributed by atoms with Gasteiger partial charge in [0.2, 0.25) is 5.91 Å². The summed E-state index contributed by atoms with van der Waals surface area (Å²) in [5.74, 6) is 0.594. The summed E-state index contributed by atoms with van der Waals surface area (Å²) in [6.07, 6.45) is 0.602. The van der Waals surface area contributed by atoms with Crippen molar-refractivity contribution in [3.63, 3.8) is 0 Å². The summed E-state index contributed by atoms with van der Waals surface area (Å²) >= 11 is 0. The van der Waals surface area contributed by atoms with E-state index in [9.17, 15) is 14.4 Å². The molecule has 0 saturated carbocycles. The number of anilines is 1. The van der Waals surface area contributed by atoms with Crippen molar-refractivity contribution in [2.45, 2.75) is 39.7 Å². The average Bonchev–Trinajstić information content (AvgIpc) is 2.92. The predicted molar refractivity (Wildman–Crippen MR) is 78.0 cm³/mol. The van der Waals surface area contributed by atoms with Crippen LogP contribution in [0.15, 0.2) is 10.6 Å². The summed E-state index contributed by atoms with van der Waals surface area (Å²) in [6.45, 7) is 5.72. The van der Waals surface area contributed by atoms with E-state index >= 15 is 0 Å². The maximum atomic E-state index is 12.1. The van der Waals surface area contributed by atoms with E-state index in [1.807, 2.05) is 13.8 Å². The van der Waals surface area contributed by atoms with E-state index in [0.717, 1.165) is 4.90 Å². The Hall–Kier alpha value is -2.38. The van der Waals surface area contributed by atoms with Gasteiger partial charge in [0.25, 0.3) is 5.91 Å². The summed E-state index contributed by atoms with van der Waals surface area (Å²) in [7, 11) is 0. The fourth-order valence-electron chi connectivity index (χ4n) is 2.26. The van der Waals surface area contributed by atoms with E-state index in [-0.39, 0.29) is 24.8 Å². The Balaban J connectivity index is 1.84. The van der Waals surface area contributed by atoms with Gasteiger partial charge in [-0.05, 0) is 19.3 Å². The number of amides is 4. The molecule has 1 aromatic rings. The highest BCUT2D eigenvalue weighted by atomic mass is 16.5. The quantitative estimate of drug-likeness (QED) is 0.770. The SMILES string of the molecule is Cc1cc(NC(=O)CCN2C(=O)NC(CC(C)C)C2=O)no1. The molecule has 1 saturated heterocycles. The highest BCUT2D eigenvalue weighted by Crippen LogP contribution is 2.15. The van der Waals surface area contributed by atoms with Crippen LogP contribution in [0.3, 0.4) is 0 Å². The number of carbonyl (C=O) groups excluding carboxylic acids is 3. The van der Waals surface area contributed by atoms with Crippen LogP contribution in [0.1, 0.15) is 32.4 Å². The standard InChI is InChI=1S/C14H20N4O4/c1-8(2)6-10-13(20)18(14(21)15-10)5-4-12(19)16-11-7-9(3)22-17-11/h7-8,10H,4-6H2,1-3H3,(H,15,21)(H,16,17,19). The van der Waals surface area contributed by atoms with Crippen LogP contribution < -0.4 is 10.6 Å². The van der Waals surface area contributed by atoms with Crippen LogP contribution in [0, 0.1) is 12.8 Å². The molecule has 1 aliphatic rings. The Labute approximate surface area is 128 Å². The van der Waals surface area contributed by atoms with Crippen LogP contribution in [-0.2, 0) is 9.59 Å². The van der Waals surface area contributed by atoms with Crippen molar-refractivity contribution in [3.05, 3.63) is 11.8 Å². The van der Waals surface area contributed by atoms with Gasteiger partial charge in [-0.15, -0.1) is 0 Å². The number of carbonyl (C=O) groups is 3. The summed E-state index contributed by atoms with van der Waals surface area (Å²) in [6, 6.07) is 0.652. The van der Waals surface area contributed by atoms with Gasteiger partial charge in [0.15, 0.2) is 5.82 Å². The monoisotopic (exact) mass is 308 g/mol. The molecular formula is C14H20N4O4. The normalized spacial score (nSPS) is 18.0. The topological polar surface area (TPSA) is 105 Å². The Bertz CT molecular complexity index is 581. The molecule has 0 bridgehead atoms. The maximum absolute atomic E-state index is 12.1. The number of nitrogens with zero attached hydrogens (tertiary/aromatic N) is 2. The number of nitrogens with one attached hydrogen (secondary N) is 2. The molecule has 1 aliphatic heterocycles. The van der Waals surface area contributed by atoms with Crippen molar-refractivity contribution in [1.29, 1.82) is 0 Å². The van der Waals surface area contributed by atoms with Gasteiger partial charge in [-0.3, -0.25) is 14.5 Å². The number of hydrogen-bond acceptors (Lipinski definition) is 5. The lowest BCUT2D eigenvalue weighted by Gasteiger charge is -2.13. The fourth-order valence-corrected chi connectivity index (χ4v) is 2.26. The Morgan fingerprint density at radius 2 is 2.23 bits per heavy atom. The zero-order valence-electron chi connectivity index (χ0n) is 12.9. The van der Waals surface area contributed by atoms with E-state index in [4.69, 9.17) is 4.52 Å². The highest BCUT2D eigenvalue weighted by molar-refractivity contribution is 6.04. The number of aryl methyl sites for hydroxylation is 1. The first-order valence-electron chi connectivity index (χ1n) is 7.22. The van der Waals surface area contributed by atoms with Crippen LogP contribution >= 0.6 is 0 Å². The molecule has 2 rings (SSSR count). The largest absolute Gasteiger partial charge is 0.360 e. The van der Waals surface area contributed by atoms with Gasteiger partial charge in [-0.25, -0.2) is 4.79 Å². The zero-order valence-corrected chi connectivity index (χ0v) is 12.9. The second-order valence-electron chi connectivity index (χ2n) is 5.74. The molecule has 2 heterocycles. The summed E-state index contributed by atoms with van der Waals surface area (Å²) < 4.78 is 4.84. The molecule has 0 aliphatic carbocycles. The van der Waals surface area contributed by atoms with Gasteiger partial charge in [-0.2, -0.15) is 0 Å². The van der Waals surface area contributed by atoms with E-state index in [0.29, 0.717) is 23.9 Å². The number of aromatic nitrogens is 1. The molecule has 1 unspecified atom stereocenters. The van der Waals surface area contributed by atoms with Crippen LogP contribution in [0.4, 0.5) is 10.6 Å². The van der Waals surface area contributed by atoms with Gasteiger partial charge in [-0.1, -0.05) is 19.0 Å². The Morgan fingerprint density at radius 3 is 2.82 bits per heavy atom. The minimum atomic E-state index is -0.492. The van der Waals surface area contributed by atoms with Crippen molar-refractivity contribution in [3.8, 4) is 0 Å². The smallest absolute Gasteiger partial charge is 0.324 e. The van der Waals surface area contributed by atoms with Gasteiger partial charge in [0.1, 0.15) is 11.8 Å². The van der Waals surface area contributed by atoms with E-state index < -0.39 is 12.1 Å². The van der Waals surface area contributed by atoms with Gasteiger partial charge >= 0.3 is 6.03 Å². The zero-order chi connectivity index (χ0) is 16.3.